The van der Waals surface area contributed by atoms with Crippen LogP contribution in [-0.2, 0) is 6.42 Å². The molecule has 0 unspecified atom stereocenters. The van der Waals surface area contributed by atoms with Gasteiger partial charge in [0.1, 0.15) is 5.02 Å². The van der Waals surface area contributed by atoms with Crippen molar-refractivity contribution in [3.63, 3.8) is 0 Å². The fourth-order valence-corrected chi connectivity index (χ4v) is 3.51. The van der Waals surface area contributed by atoms with Crippen molar-refractivity contribution in [1.82, 2.24) is 10.2 Å². The lowest BCUT2D eigenvalue weighted by atomic mass is 10.1. The summed E-state index contributed by atoms with van der Waals surface area (Å²) in [6.07, 6.45) is 1.64. The Morgan fingerprint density at radius 2 is 1.83 bits per heavy atom. The highest BCUT2D eigenvalue weighted by Gasteiger charge is 2.16. The molecular formula is C21H25ClN4O3. The first-order valence-electron chi connectivity index (χ1n) is 9.68. The van der Waals surface area contributed by atoms with Gasteiger partial charge in [-0.2, -0.15) is 0 Å². The Hall–Kier alpha value is -2.64. The van der Waals surface area contributed by atoms with Crippen molar-refractivity contribution in [3.05, 3.63) is 68.7 Å². The number of nitrogens with zero attached hydrogens (tertiary/aromatic N) is 3. The van der Waals surface area contributed by atoms with Crippen molar-refractivity contribution in [2.24, 2.45) is 0 Å². The Morgan fingerprint density at radius 1 is 1.14 bits per heavy atom. The van der Waals surface area contributed by atoms with Crippen LogP contribution in [0.25, 0.3) is 0 Å². The van der Waals surface area contributed by atoms with Gasteiger partial charge in [0.15, 0.2) is 0 Å². The number of carbonyl (C=O) groups excluding carboxylic acids is 1. The number of likely N-dealkylation sites (N-methyl/N-ethyl adjacent to an activating group) is 1. The van der Waals surface area contributed by atoms with Gasteiger partial charge >= 0.3 is 0 Å². The smallest absolute Gasteiger partial charge is 0.288 e. The molecule has 29 heavy (non-hydrogen) atoms. The summed E-state index contributed by atoms with van der Waals surface area (Å²) in [7, 11) is 2.15. The molecule has 1 amide bonds. The van der Waals surface area contributed by atoms with Crippen molar-refractivity contribution in [2.45, 2.75) is 12.8 Å². The summed E-state index contributed by atoms with van der Waals surface area (Å²) in [5, 5.41) is 13.8. The summed E-state index contributed by atoms with van der Waals surface area (Å²) in [5.41, 5.74) is 2.44. The van der Waals surface area contributed by atoms with Gasteiger partial charge in [-0.25, -0.2) is 0 Å². The highest BCUT2D eigenvalue weighted by atomic mass is 35.5. The molecule has 154 valence electrons. The second kappa shape index (κ2) is 9.71. The summed E-state index contributed by atoms with van der Waals surface area (Å²) in [4.78, 5) is 27.3. The molecule has 7 nitrogen and oxygen atoms in total. The van der Waals surface area contributed by atoms with Crippen LogP contribution in [0.1, 0.15) is 22.3 Å². The van der Waals surface area contributed by atoms with Crippen molar-refractivity contribution >= 4 is 28.9 Å². The first-order chi connectivity index (χ1) is 13.9. The third-order valence-corrected chi connectivity index (χ3v) is 5.46. The number of hydrogen-bond donors (Lipinski definition) is 1. The van der Waals surface area contributed by atoms with Crippen molar-refractivity contribution in [3.8, 4) is 0 Å². The lowest BCUT2D eigenvalue weighted by Crippen LogP contribution is -2.44. The van der Waals surface area contributed by atoms with Gasteiger partial charge in [0.25, 0.3) is 11.6 Å². The highest BCUT2D eigenvalue weighted by Crippen LogP contribution is 2.25. The van der Waals surface area contributed by atoms with Crippen LogP contribution in [0.4, 0.5) is 11.4 Å². The Kier molecular flexibility index (Phi) is 7.06. The molecule has 0 aromatic heterocycles. The number of nitrogens with one attached hydrogen (secondary N) is 1. The SMILES string of the molecule is CN1CCN(c2ccc(CCCNC(=O)c3ccc(Cl)c([N+](=O)[O-])c3)cc2)CC1. The molecule has 1 N–H and O–H groups in total. The van der Waals surface area contributed by atoms with Crippen LogP contribution in [0.5, 0.6) is 0 Å². The fourth-order valence-electron chi connectivity index (χ4n) is 3.33. The minimum absolute atomic E-state index is 0.0200. The number of halogens is 1. The van der Waals surface area contributed by atoms with Gasteiger partial charge in [0.2, 0.25) is 0 Å². The maximum Gasteiger partial charge on any atom is 0.288 e. The average Bonchev–Trinajstić information content (AvgIpc) is 2.72. The van der Waals surface area contributed by atoms with Gasteiger partial charge < -0.3 is 15.1 Å². The van der Waals surface area contributed by atoms with Crippen molar-refractivity contribution in [1.29, 1.82) is 0 Å². The second-order valence-electron chi connectivity index (χ2n) is 7.24. The molecule has 1 fully saturated rings. The molecule has 0 saturated carbocycles. The van der Waals surface area contributed by atoms with Crippen LogP contribution in [0, 0.1) is 10.1 Å². The maximum absolute atomic E-state index is 12.2. The first kappa shape index (κ1) is 21.1. The number of rotatable bonds is 7. The van der Waals surface area contributed by atoms with Gasteiger partial charge in [-0.3, -0.25) is 14.9 Å². The van der Waals surface area contributed by atoms with Gasteiger partial charge in [0, 0.05) is 50.0 Å². The van der Waals surface area contributed by atoms with E-state index >= 15 is 0 Å². The van der Waals surface area contributed by atoms with Crippen LogP contribution in [0.3, 0.4) is 0 Å². The summed E-state index contributed by atoms with van der Waals surface area (Å²) in [5.74, 6) is -0.338. The second-order valence-corrected chi connectivity index (χ2v) is 7.65. The predicted molar refractivity (Wildman–Crippen MR) is 115 cm³/mol. The van der Waals surface area contributed by atoms with Crippen LogP contribution < -0.4 is 10.2 Å². The van der Waals surface area contributed by atoms with Crippen LogP contribution in [0.15, 0.2) is 42.5 Å². The Labute approximate surface area is 175 Å². The zero-order valence-corrected chi connectivity index (χ0v) is 17.2. The van der Waals surface area contributed by atoms with E-state index in [4.69, 9.17) is 11.6 Å². The summed E-state index contributed by atoms with van der Waals surface area (Å²) in [6, 6.07) is 12.7. The van der Waals surface area contributed by atoms with E-state index in [1.165, 1.54) is 29.4 Å². The minimum Gasteiger partial charge on any atom is -0.369 e. The molecule has 0 radical (unpaired) electrons. The molecule has 0 atom stereocenters. The number of aryl methyl sites for hydroxylation is 1. The van der Waals surface area contributed by atoms with Gasteiger partial charge in [0.05, 0.1) is 4.92 Å². The summed E-state index contributed by atoms with van der Waals surface area (Å²) in [6.45, 7) is 4.75. The third kappa shape index (κ3) is 5.68. The average molecular weight is 417 g/mol. The lowest BCUT2D eigenvalue weighted by Gasteiger charge is -2.34. The van der Waals surface area contributed by atoms with E-state index in [2.05, 4.69) is 46.4 Å². The van der Waals surface area contributed by atoms with E-state index in [0.29, 0.717) is 6.54 Å². The molecule has 0 spiro atoms. The zero-order valence-electron chi connectivity index (χ0n) is 16.4. The normalized spacial score (nSPS) is 14.6. The van der Waals surface area contributed by atoms with Gasteiger partial charge in [-0.1, -0.05) is 23.7 Å². The zero-order chi connectivity index (χ0) is 20.8. The number of piperazine rings is 1. The Balaban J connectivity index is 1.45. The largest absolute Gasteiger partial charge is 0.369 e. The molecule has 2 aromatic rings. The van der Waals surface area contributed by atoms with Gasteiger partial charge in [-0.05, 0) is 49.7 Å². The molecule has 1 aliphatic rings. The fraction of sp³-hybridized carbons (Fsp3) is 0.381. The number of amides is 1. The number of hydrogen-bond acceptors (Lipinski definition) is 5. The van der Waals surface area contributed by atoms with E-state index in [0.717, 1.165) is 39.0 Å². The van der Waals surface area contributed by atoms with E-state index in [1.54, 1.807) is 0 Å². The monoisotopic (exact) mass is 416 g/mol. The molecule has 8 heteroatoms. The van der Waals surface area contributed by atoms with Crippen LogP contribution in [-0.4, -0.2) is 55.5 Å². The molecule has 1 heterocycles. The van der Waals surface area contributed by atoms with Crippen molar-refractivity contribution in [2.75, 3.05) is 44.7 Å². The quantitative estimate of drug-likeness (QED) is 0.425. The molecule has 1 aliphatic heterocycles. The molecule has 3 rings (SSSR count). The van der Waals surface area contributed by atoms with Crippen molar-refractivity contribution < 1.29 is 9.72 Å². The Bertz CT molecular complexity index is 865. The molecule has 1 saturated heterocycles. The van der Waals surface area contributed by atoms with Crippen LogP contribution in [0.2, 0.25) is 5.02 Å². The summed E-state index contributed by atoms with van der Waals surface area (Å²) >= 11 is 5.78. The van der Waals surface area contributed by atoms with E-state index in [1.807, 2.05) is 0 Å². The molecular weight excluding hydrogens is 392 g/mol. The topological polar surface area (TPSA) is 78.7 Å². The summed E-state index contributed by atoms with van der Waals surface area (Å²) < 4.78 is 0. The number of carbonyl (C=O) groups is 1. The van der Waals surface area contributed by atoms with Gasteiger partial charge in [-0.15, -0.1) is 0 Å². The van der Waals surface area contributed by atoms with Crippen LogP contribution >= 0.6 is 11.6 Å². The number of nitro groups is 1. The number of benzene rings is 2. The Morgan fingerprint density at radius 3 is 2.48 bits per heavy atom. The third-order valence-electron chi connectivity index (χ3n) is 5.14. The number of anilines is 1. The van der Waals surface area contributed by atoms with E-state index in [9.17, 15) is 14.9 Å². The lowest BCUT2D eigenvalue weighted by molar-refractivity contribution is -0.384. The predicted octanol–water partition coefficient (Wildman–Crippen LogP) is 3.36. The minimum atomic E-state index is -0.592. The molecule has 0 aliphatic carbocycles. The molecule has 2 aromatic carbocycles. The first-order valence-corrected chi connectivity index (χ1v) is 10.1. The maximum atomic E-state index is 12.2. The van der Waals surface area contributed by atoms with E-state index in [-0.39, 0.29) is 22.2 Å². The number of nitro benzene ring substituents is 1. The van der Waals surface area contributed by atoms with E-state index < -0.39 is 4.92 Å². The molecule has 0 bridgehead atoms. The standard InChI is InChI=1S/C21H25ClN4O3/c1-24-11-13-25(14-12-24)18-7-4-16(5-8-18)3-2-10-23-21(27)17-6-9-19(22)20(15-17)26(28)29/h4-9,15H,2-3,10-14H2,1H3,(H,23,27). The highest BCUT2D eigenvalue weighted by molar-refractivity contribution is 6.32.